The Morgan fingerprint density at radius 1 is 1.22 bits per heavy atom. The van der Waals surface area contributed by atoms with Gasteiger partial charge in [0.05, 0.1) is 25.7 Å². The van der Waals surface area contributed by atoms with E-state index in [9.17, 15) is 4.79 Å². The lowest BCUT2D eigenvalue weighted by Crippen LogP contribution is -2.26. The Morgan fingerprint density at radius 2 is 2.00 bits per heavy atom. The summed E-state index contributed by atoms with van der Waals surface area (Å²) in [5.41, 5.74) is 2.82. The minimum atomic E-state index is -0.331. The molecule has 2 aromatic rings. The first-order valence-corrected chi connectivity index (χ1v) is 7.30. The lowest BCUT2D eigenvalue weighted by atomic mass is 9.97. The largest absolute Gasteiger partial charge is 0.489 e. The summed E-state index contributed by atoms with van der Waals surface area (Å²) in [5, 5.41) is 3.85. The second-order valence-electron chi connectivity index (χ2n) is 6.12. The second kappa shape index (κ2) is 6.16. The molecule has 120 valence electrons. The van der Waals surface area contributed by atoms with E-state index >= 15 is 0 Å². The van der Waals surface area contributed by atoms with E-state index in [-0.39, 0.29) is 11.3 Å². The molecule has 0 saturated carbocycles. The number of nitrogens with zero attached hydrogens (tertiary/aromatic N) is 1. The fourth-order valence-corrected chi connectivity index (χ4v) is 2.05. The van der Waals surface area contributed by atoms with Gasteiger partial charge in [0.2, 0.25) is 0 Å². The molecule has 1 amide bonds. The summed E-state index contributed by atoms with van der Waals surface area (Å²) in [5.74, 6) is 1.44. The Hall–Kier alpha value is -2.76. The fraction of sp³-hybridized carbons (Fsp3) is 0.294. The first-order chi connectivity index (χ1) is 11.0. The molecule has 0 atom stereocenters. The Kier molecular flexibility index (Phi) is 4.06. The topological polar surface area (TPSA) is 73.1 Å². The number of carbonyl (C=O) groups excluding carboxylic acids is 1. The highest BCUT2D eigenvalue weighted by Gasteiger charge is 2.25. The van der Waals surface area contributed by atoms with Crippen LogP contribution in [0.25, 0.3) is 0 Å². The van der Waals surface area contributed by atoms with Crippen molar-refractivity contribution >= 4 is 12.1 Å². The zero-order valence-electron chi connectivity index (χ0n) is 13.0. The van der Waals surface area contributed by atoms with Crippen LogP contribution in [0.1, 0.15) is 30.0 Å². The van der Waals surface area contributed by atoms with Gasteiger partial charge in [-0.05, 0) is 30.3 Å². The third-order valence-electron chi connectivity index (χ3n) is 3.34. The van der Waals surface area contributed by atoms with Gasteiger partial charge in [-0.25, -0.2) is 5.43 Å². The molecule has 0 aliphatic carbocycles. The van der Waals surface area contributed by atoms with Crippen molar-refractivity contribution in [3.8, 4) is 11.5 Å². The number of ether oxygens (including phenoxy) is 2. The van der Waals surface area contributed by atoms with E-state index in [1.165, 1.54) is 12.5 Å². The van der Waals surface area contributed by atoms with Crippen molar-refractivity contribution < 1.29 is 18.7 Å². The number of nitrogens with one attached hydrogen (secondary N) is 1. The van der Waals surface area contributed by atoms with E-state index in [1.807, 2.05) is 0 Å². The predicted octanol–water partition coefficient (Wildman–Crippen LogP) is 2.84. The molecule has 2 heterocycles. The van der Waals surface area contributed by atoms with Crippen molar-refractivity contribution in [2.75, 3.05) is 13.2 Å². The molecule has 3 rings (SSSR count). The molecule has 6 heteroatoms. The molecule has 0 saturated heterocycles. The predicted molar refractivity (Wildman–Crippen MR) is 85.0 cm³/mol. The number of hydrogen-bond donors (Lipinski definition) is 1. The average molecular weight is 314 g/mol. The zero-order valence-corrected chi connectivity index (χ0v) is 13.0. The highest BCUT2D eigenvalue weighted by molar-refractivity contribution is 5.95. The molecule has 1 aromatic heterocycles. The number of carbonyl (C=O) groups is 1. The van der Waals surface area contributed by atoms with Crippen LogP contribution in [-0.2, 0) is 0 Å². The number of rotatable bonds is 3. The monoisotopic (exact) mass is 314 g/mol. The number of hydrazone groups is 1. The molecular formula is C17H18N2O4. The minimum absolute atomic E-state index is 0.0746. The number of furan rings is 1. The fourth-order valence-electron chi connectivity index (χ4n) is 2.05. The maximum Gasteiger partial charge on any atom is 0.271 e. The standard InChI is InChI=1S/C17H18N2O4/c1-17(2)10-22-14-6-5-12(8-15(14)23-11-17)16(20)19-18-9-13-4-3-7-21-13/h3-9H,10-11H2,1-2H3,(H,19,20)/b18-9+. The smallest absolute Gasteiger partial charge is 0.271 e. The molecule has 1 aliphatic heterocycles. The van der Waals surface area contributed by atoms with E-state index in [4.69, 9.17) is 13.9 Å². The maximum absolute atomic E-state index is 12.1. The van der Waals surface area contributed by atoms with Crippen molar-refractivity contribution in [2.45, 2.75) is 13.8 Å². The van der Waals surface area contributed by atoms with Crippen molar-refractivity contribution in [1.82, 2.24) is 5.43 Å². The van der Waals surface area contributed by atoms with E-state index in [1.54, 1.807) is 30.3 Å². The van der Waals surface area contributed by atoms with Crippen LogP contribution in [0.3, 0.4) is 0 Å². The van der Waals surface area contributed by atoms with Crippen LogP contribution < -0.4 is 14.9 Å². The van der Waals surface area contributed by atoms with Crippen molar-refractivity contribution in [3.05, 3.63) is 47.9 Å². The summed E-state index contributed by atoms with van der Waals surface area (Å²) in [6, 6.07) is 8.56. The molecular weight excluding hydrogens is 296 g/mol. The van der Waals surface area contributed by atoms with Crippen molar-refractivity contribution in [1.29, 1.82) is 0 Å². The van der Waals surface area contributed by atoms with Gasteiger partial charge in [-0.2, -0.15) is 5.10 Å². The van der Waals surface area contributed by atoms with Gasteiger partial charge in [0.15, 0.2) is 11.5 Å². The molecule has 23 heavy (non-hydrogen) atoms. The molecule has 0 spiro atoms. The molecule has 1 aromatic carbocycles. The Bertz CT molecular complexity index is 720. The number of hydrogen-bond acceptors (Lipinski definition) is 5. The highest BCUT2D eigenvalue weighted by Crippen LogP contribution is 2.34. The third kappa shape index (κ3) is 3.71. The SMILES string of the molecule is CC1(C)COc2ccc(C(=O)N/N=C/c3ccco3)cc2OC1. The van der Waals surface area contributed by atoms with Crippen LogP contribution >= 0.6 is 0 Å². The lowest BCUT2D eigenvalue weighted by Gasteiger charge is -2.19. The van der Waals surface area contributed by atoms with Crippen LogP contribution in [0.5, 0.6) is 11.5 Å². The minimum Gasteiger partial charge on any atom is -0.489 e. The van der Waals surface area contributed by atoms with E-state index in [0.717, 1.165) is 0 Å². The van der Waals surface area contributed by atoms with Crippen LogP contribution in [0.15, 0.2) is 46.1 Å². The maximum atomic E-state index is 12.1. The van der Waals surface area contributed by atoms with Gasteiger partial charge < -0.3 is 13.9 Å². The highest BCUT2D eigenvalue weighted by atomic mass is 16.5. The quantitative estimate of drug-likeness (QED) is 0.698. The number of fused-ring (bicyclic) bond motifs is 1. The third-order valence-corrected chi connectivity index (χ3v) is 3.34. The van der Waals surface area contributed by atoms with Crippen LogP contribution in [0, 0.1) is 5.41 Å². The first-order valence-electron chi connectivity index (χ1n) is 7.30. The van der Waals surface area contributed by atoms with Gasteiger partial charge >= 0.3 is 0 Å². The summed E-state index contributed by atoms with van der Waals surface area (Å²) in [4.78, 5) is 12.1. The normalized spacial score (nSPS) is 16.1. The van der Waals surface area contributed by atoms with E-state index in [0.29, 0.717) is 36.0 Å². The zero-order chi connectivity index (χ0) is 16.3. The number of amides is 1. The summed E-state index contributed by atoms with van der Waals surface area (Å²) < 4.78 is 16.6. The van der Waals surface area contributed by atoms with Crippen molar-refractivity contribution in [2.24, 2.45) is 10.5 Å². The molecule has 0 radical (unpaired) electrons. The summed E-state index contributed by atoms with van der Waals surface area (Å²) in [7, 11) is 0. The van der Waals surface area contributed by atoms with E-state index < -0.39 is 0 Å². The molecule has 0 bridgehead atoms. The van der Waals surface area contributed by atoms with Crippen LogP contribution in [0.4, 0.5) is 0 Å². The van der Waals surface area contributed by atoms with E-state index in [2.05, 4.69) is 24.4 Å². The Labute approximate surface area is 134 Å². The van der Waals surface area contributed by atoms with Gasteiger partial charge in [0.25, 0.3) is 5.91 Å². The molecule has 6 nitrogen and oxygen atoms in total. The molecule has 1 aliphatic rings. The van der Waals surface area contributed by atoms with Gasteiger partial charge in [-0.15, -0.1) is 0 Å². The Balaban J connectivity index is 1.69. The van der Waals surface area contributed by atoms with Gasteiger partial charge in [0.1, 0.15) is 5.76 Å². The molecule has 1 N–H and O–H groups in total. The summed E-state index contributed by atoms with van der Waals surface area (Å²) in [6.45, 7) is 5.23. The summed E-state index contributed by atoms with van der Waals surface area (Å²) in [6.07, 6.45) is 2.97. The van der Waals surface area contributed by atoms with Crippen LogP contribution in [-0.4, -0.2) is 25.3 Å². The number of benzene rings is 1. The van der Waals surface area contributed by atoms with Crippen LogP contribution in [0.2, 0.25) is 0 Å². The first kappa shape index (κ1) is 15.1. The second-order valence-corrected chi connectivity index (χ2v) is 6.12. The average Bonchev–Trinajstić information content (AvgIpc) is 2.99. The lowest BCUT2D eigenvalue weighted by molar-refractivity contribution is 0.0954. The van der Waals surface area contributed by atoms with Gasteiger partial charge in [0, 0.05) is 11.0 Å². The van der Waals surface area contributed by atoms with Crippen molar-refractivity contribution in [3.63, 3.8) is 0 Å². The summed E-state index contributed by atoms with van der Waals surface area (Å²) >= 11 is 0. The Morgan fingerprint density at radius 3 is 2.74 bits per heavy atom. The van der Waals surface area contributed by atoms with Gasteiger partial charge in [-0.1, -0.05) is 13.8 Å². The van der Waals surface area contributed by atoms with Gasteiger partial charge in [-0.3, -0.25) is 4.79 Å². The molecule has 0 unspecified atom stereocenters. The molecule has 0 fully saturated rings.